The van der Waals surface area contributed by atoms with E-state index in [1.165, 1.54) is 10.4 Å². The van der Waals surface area contributed by atoms with Crippen LogP contribution in [0.25, 0.3) is 0 Å². The summed E-state index contributed by atoms with van der Waals surface area (Å²) in [5, 5.41) is 22.5. The summed E-state index contributed by atoms with van der Waals surface area (Å²) in [5.41, 5.74) is -0.493. The van der Waals surface area contributed by atoms with E-state index < -0.39 is 32.0 Å². The van der Waals surface area contributed by atoms with E-state index >= 15 is 0 Å². The molecular weight excluding hydrogens is 420 g/mol. The zero-order valence-electron chi connectivity index (χ0n) is 20.1. The first-order chi connectivity index (χ1) is 15.1. The Morgan fingerprint density at radius 2 is 1.44 bits per heavy atom. The van der Waals surface area contributed by atoms with Crippen molar-refractivity contribution in [1.82, 2.24) is 0 Å². The highest BCUT2D eigenvalue weighted by molar-refractivity contribution is 6.99. The van der Waals surface area contributed by atoms with E-state index in [4.69, 9.17) is 13.9 Å². The molecule has 176 valence electrons. The van der Waals surface area contributed by atoms with Gasteiger partial charge in [0.05, 0.1) is 12.7 Å². The highest BCUT2D eigenvalue weighted by atomic mass is 28.4. The maximum absolute atomic E-state index is 10.9. The smallest absolute Gasteiger partial charge is 0.261 e. The Labute approximate surface area is 193 Å². The molecule has 0 aromatic heterocycles. The molecule has 3 rings (SSSR count). The molecule has 0 saturated carbocycles. The van der Waals surface area contributed by atoms with Crippen LogP contribution in [0.5, 0.6) is 0 Å². The Balaban J connectivity index is 1.96. The summed E-state index contributed by atoms with van der Waals surface area (Å²) in [7, 11) is -1.09. The number of hydrogen-bond donors (Lipinski definition) is 2. The Kier molecular flexibility index (Phi) is 7.65. The van der Waals surface area contributed by atoms with Gasteiger partial charge in [-0.3, -0.25) is 0 Å². The summed E-state index contributed by atoms with van der Waals surface area (Å²) in [5.74, 6) is 0. The molecule has 1 aliphatic heterocycles. The van der Waals surface area contributed by atoms with Crippen LogP contribution in [0.4, 0.5) is 0 Å². The first-order valence-corrected chi connectivity index (χ1v) is 13.2. The summed E-state index contributed by atoms with van der Waals surface area (Å²) in [6, 6.07) is 21.0. The molecular formula is C26H38O5Si. The molecule has 0 spiro atoms. The molecule has 0 bridgehead atoms. The number of benzene rings is 2. The molecule has 1 aliphatic rings. The standard InChI is InChI=1S/C26H38O5Si/c1-25(2,3)32(19-13-9-7-10-14-19,20-15-11-8-12-16-20)30-18-26(4,5)24(29-6)22(28)23-21(17-27)31-23/h7-16,21-24,27-28H,17-18H2,1-6H3/t21-,22+,23+,24-/m1/s1. The van der Waals surface area contributed by atoms with Crippen molar-refractivity contribution in [2.24, 2.45) is 5.41 Å². The van der Waals surface area contributed by atoms with E-state index in [9.17, 15) is 10.2 Å². The fraction of sp³-hybridized carbons (Fsp3) is 0.538. The second kappa shape index (κ2) is 9.75. The zero-order chi connectivity index (χ0) is 23.6. The maximum Gasteiger partial charge on any atom is 0.261 e. The van der Waals surface area contributed by atoms with E-state index in [-0.39, 0.29) is 17.7 Å². The minimum absolute atomic E-state index is 0.100. The highest BCUT2D eigenvalue weighted by Crippen LogP contribution is 2.40. The Hall–Kier alpha value is -1.54. The lowest BCUT2D eigenvalue weighted by atomic mass is 9.83. The van der Waals surface area contributed by atoms with Gasteiger partial charge in [0.25, 0.3) is 8.32 Å². The first-order valence-electron chi connectivity index (χ1n) is 11.3. The quantitative estimate of drug-likeness (QED) is 0.423. The molecule has 2 aromatic rings. The molecule has 0 amide bonds. The van der Waals surface area contributed by atoms with Gasteiger partial charge < -0.3 is 24.1 Å². The predicted molar refractivity (Wildman–Crippen MR) is 130 cm³/mol. The maximum atomic E-state index is 10.9. The lowest BCUT2D eigenvalue weighted by Crippen LogP contribution is -2.67. The van der Waals surface area contributed by atoms with Crippen molar-refractivity contribution in [1.29, 1.82) is 0 Å². The van der Waals surface area contributed by atoms with Crippen molar-refractivity contribution < 1.29 is 24.1 Å². The van der Waals surface area contributed by atoms with Crippen molar-refractivity contribution >= 4 is 18.7 Å². The third-order valence-electron chi connectivity index (χ3n) is 6.55. The van der Waals surface area contributed by atoms with Crippen LogP contribution < -0.4 is 10.4 Å². The predicted octanol–water partition coefficient (Wildman–Crippen LogP) is 2.72. The van der Waals surface area contributed by atoms with Gasteiger partial charge in [0.15, 0.2) is 0 Å². The van der Waals surface area contributed by atoms with Crippen LogP contribution in [0.2, 0.25) is 5.04 Å². The minimum atomic E-state index is -2.69. The number of hydrogen-bond acceptors (Lipinski definition) is 5. The molecule has 1 saturated heterocycles. The molecule has 5 nitrogen and oxygen atoms in total. The number of aliphatic hydroxyl groups is 2. The van der Waals surface area contributed by atoms with Crippen LogP contribution in [0, 0.1) is 5.41 Å². The van der Waals surface area contributed by atoms with Gasteiger partial charge in [0, 0.05) is 19.1 Å². The third-order valence-corrected chi connectivity index (χ3v) is 11.5. The summed E-state index contributed by atoms with van der Waals surface area (Å²) < 4.78 is 18.3. The van der Waals surface area contributed by atoms with Gasteiger partial charge in [-0.15, -0.1) is 0 Å². The first kappa shape index (κ1) is 25.1. The topological polar surface area (TPSA) is 71.5 Å². The number of rotatable bonds is 10. The van der Waals surface area contributed by atoms with Gasteiger partial charge in [-0.2, -0.15) is 0 Å². The number of epoxide rings is 1. The van der Waals surface area contributed by atoms with Gasteiger partial charge in [-0.05, 0) is 15.4 Å². The van der Waals surface area contributed by atoms with Crippen LogP contribution in [0.15, 0.2) is 60.7 Å². The number of ether oxygens (including phenoxy) is 2. The fourth-order valence-electron chi connectivity index (χ4n) is 4.83. The van der Waals surface area contributed by atoms with E-state index in [0.29, 0.717) is 6.61 Å². The number of aliphatic hydroxyl groups excluding tert-OH is 2. The molecule has 32 heavy (non-hydrogen) atoms. The summed E-state index contributed by atoms with van der Waals surface area (Å²) in [4.78, 5) is 0. The molecule has 2 aromatic carbocycles. The molecule has 0 aliphatic carbocycles. The second-order valence-corrected chi connectivity index (χ2v) is 14.7. The largest absolute Gasteiger partial charge is 0.407 e. The lowest BCUT2D eigenvalue weighted by Gasteiger charge is -2.46. The third kappa shape index (κ3) is 4.86. The fourth-order valence-corrected chi connectivity index (χ4v) is 9.58. The van der Waals surface area contributed by atoms with Crippen molar-refractivity contribution in [3.05, 3.63) is 60.7 Å². The van der Waals surface area contributed by atoms with Gasteiger partial charge in [-0.1, -0.05) is 95.3 Å². The van der Waals surface area contributed by atoms with E-state index in [0.717, 1.165) is 0 Å². The summed E-state index contributed by atoms with van der Waals surface area (Å²) >= 11 is 0. The molecule has 2 N–H and O–H groups in total. The van der Waals surface area contributed by atoms with Crippen LogP contribution in [-0.4, -0.2) is 63.3 Å². The SMILES string of the molecule is CO[C@H]([C@@H](O)[C@H]1O[C@@H]1CO)C(C)(C)CO[Si](c1ccccc1)(c1ccccc1)C(C)(C)C. The molecule has 1 fully saturated rings. The second-order valence-electron chi connectivity index (χ2n) is 10.4. The van der Waals surface area contributed by atoms with Crippen molar-refractivity contribution in [2.45, 2.75) is 64.1 Å². The van der Waals surface area contributed by atoms with Crippen LogP contribution in [0.1, 0.15) is 34.6 Å². The normalized spacial score (nSPS) is 21.2. The Morgan fingerprint density at radius 3 is 1.81 bits per heavy atom. The van der Waals surface area contributed by atoms with Gasteiger partial charge >= 0.3 is 0 Å². The minimum Gasteiger partial charge on any atom is -0.407 e. The monoisotopic (exact) mass is 458 g/mol. The lowest BCUT2D eigenvalue weighted by molar-refractivity contribution is -0.0981. The van der Waals surface area contributed by atoms with E-state index in [2.05, 4.69) is 83.1 Å². The van der Waals surface area contributed by atoms with E-state index in [1.807, 2.05) is 12.1 Å². The molecule has 1 heterocycles. The molecule has 0 unspecified atom stereocenters. The Bertz CT molecular complexity index is 810. The van der Waals surface area contributed by atoms with Crippen LogP contribution in [-0.2, 0) is 13.9 Å². The van der Waals surface area contributed by atoms with Gasteiger partial charge in [0.1, 0.15) is 18.3 Å². The average Bonchev–Trinajstić information content (AvgIpc) is 3.55. The van der Waals surface area contributed by atoms with Crippen molar-refractivity contribution in [3.8, 4) is 0 Å². The number of methoxy groups -OCH3 is 1. The average molecular weight is 459 g/mol. The molecule has 6 heteroatoms. The molecule has 0 radical (unpaired) electrons. The summed E-state index contributed by atoms with van der Waals surface area (Å²) in [6.45, 7) is 11.2. The van der Waals surface area contributed by atoms with Crippen LogP contribution in [0.3, 0.4) is 0 Å². The highest BCUT2D eigenvalue weighted by Gasteiger charge is 2.54. The summed E-state index contributed by atoms with van der Waals surface area (Å²) in [6.07, 6.45) is -2.06. The van der Waals surface area contributed by atoms with Crippen LogP contribution >= 0.6 is 0 Å². The molecule has 4 atom stereocenters. The zero-order valence-corrected chi connectivity index (χ0v) is 21.1. The van der Waals surface area contributed by atoms with Crippen molar-refractivity contribution in [3.63, 3.8) is 0 Å². The van der Waals surface area contributed by atoms with Gasteiger partial charge in [0.2, 0.25) is 0 Å². The van der Waals surface area contributed by atoms with Gasteiger partial charge in [-0.25, -0.2) is 0 Å². The van der Waals surface area contributed by atoms with Crippen molar-refractivity contribution in [2.75, 3.05) is 20.3 Å². The van der Waals surface area contributed by atoms with E-state index in [1.54, 1.807) is 7.11 Å². The Morgan fingerprint density at radius 1 is 0.938 bits per heavy atom.